The van der Waals surface area contributed by atoms with Gasteiger partial charge in [0.25, 0.3) is 0 Å². The van der Waals surface area contributed by atoms with Crippen LogP contribution in [-0.2, 0) is 0 Å². The second kappa shape index (κ2) is 5.93. The largest absolute Gasteiger partial charge is 0.456 e. The van der Waals surface area contributed by atoms with Gasteiger partial charge in [0.1, 0.15) is 11.2 Å². The van der Waals surface area contributed by atoms with E-state index in [1.807, 2.05) is 24.3 Å². The van der Waals surface area contributed by atoms with Crippen LogP contribution in [0.15, 0.2) is 77.2 Å². The van der Waals surface area contributed by atoms with E-state index in [4.69, 9.17) is 11.0 Å². The zero-order chi connectivity index (χ0) is 21.6. The maximum absolute atomic E-state index is 7.59. The van der Waals surface area contributed by atoms with Crippen molar-refractivity contribution in [1.29, 1.82) is 0 Å². The van der Waals surface area contributed by atoms with Gasteiger partial charge in [-0.25, -0.2) is 4.85 Å². The molecule has 0 N–H and O–H groups in total. The SMILES string of the molecule is [C-]#[N+]c1ccc2c(c1)c1c3c(cc4c1n2-c1ccccc1N4C(C)C)oc1ccccc13. The van der Waals surface area contributed by atoms with Crippen molar-refractivity contribution >= 4 is 60.8 Å². The molecule has 0 fully saturated rings. The van der Waals surface area contributed by atoms with Crippen LogP contribution in [0, 0.1) is 6.57 Å². The predicted octanol–water partition coefficient (Wildman–Crippen LogP) is 8.09. The van der Waals surface area contributed by atoms with E-state index in [-0.39, 0.29) is 6.04 Å². The van der Waals surface area contributed by atoms with Gasteiger partial charge in [-0.15, -0.1) is 0 Å². The van der Waals surface area contributed by atoms with Crippen LogP contribution in [0.5, 0.6) is 0 Å². The summed E-state index contributed by atoms with van der Waals surface area (Å²) >= 11 is 0. The van der Waals surface area contributed by atoms with Crippen LogP contribution in [0.3, 0.4) is 0 Å². The quantitative estimate of drug-likeness (QED) is 0.255. The Labute approximate surface area is 184 Å². The molecule has 2 aromatic heterocycles. The molecule has 152 valence electrons. The van der Waals surface area contributed by atoms with E-state index >= 15 is 0 Å². The van der Waals surface area contributed by atoms with E-state index in [0.717, 1.165) is 49.6 Å². The number of hydrogen-bond donors (Lipinski definition) is 0. The zero-order valence-electron chi connectivity index (χ0n) is 17.8. The average Bonchev–Trinajstić information content (AvgIpc) is 3.35. The minimum atomic E-state index is 0.270. The van der Waals surface area contributed by atoms with E-state index < -0.39 is 0 Å². The van der Waals surface area contributed by atoms with Crippen LogP contribution in [0.2, 0.25) is 0 Å². The monoisotopic (exact) mass is 413 g/mol. The van der Waals surface area contributed by atoms with Crippen molar-refractivity contribution < 1.29 is 4.42 Å². The van der Waals surface area contributed by atoms with E-state index in [1.54, 1.807) is 0 Å². The highest BCUT2D eigenvalue weighted by Crippen LogP contribution is 2.51. The van der Waals surface area contributed by atoms with Gasteiger partial charge >= 0.3 is 0 Å². The van der Waals surface area contributed by atoms with Gasteiger partial charge in [0, 0.05) is 28.3 Å². The molecular formula is C28H19N3O. The summed E-state index contributed by atoms with van der Waals surface area (Å²) in [5, 5.41) is 4.47. The molecule has 0 atom stereocenters. The lowest BCUT2D eigenvalue weighted by Crippen LogP contribution is -2.29. The first-order valence-electron chi connectivity index (χ1n) is 10.9. The molecule has 6 aromatic rings. The first kappa shape index (κ1) is 17.5. The third-order valence-corrected chi connectivity index (χ3v) is 6.62. The Bertz CT molecular complexity index is 1780. The molecule has 1 aliphatic rings. The van der Waals surface area contributed by atoms with Crippen LogP contribution >= 0.6 is 0 Å². The Balaban J connectivity index is 1.83. The number of fused-ring (bicyclic) bond motifs is 9. The average molecular weight is 413 g/mol. The van der Waals surface area contributed by atoms with E-state index in [0.29, 0.717) is 5.69 Å². The second-order valence-corrected chi connectivity index (χ2v) is 8.69. The molecular weight excluding hydrogens is 394 g/mol. The van der Waals surface area contributed by atoms with Gasteiger partial charge in [-0.2, -0.15) is 0 Å². The molecule has 4 aromatic carbocycles. The molecule has 7 rings (SSSR count). The Hall–Kier alpha value is -4.23. The lowest BCUT2D eigenvalue weighted by molar-refractivity contribution is 0.668. The third kappa shape index (κ3) is 2.01. The molecule has 0 amide bonds. The fraction of sp³-hybridized carbons (Fsp3) is 0.107. The van der Waals surface area contributed by atoms with Gasteiger partial charge in [-0.05, 0) is 49.6 Å². The molecule has 0 saturated carbocycles. The predicted molar refractivity (Wildman–Crippen MR) is 132 cm³/mol. The van der Waals surface area contributed by atoms with Gasteiger partial charge in [-0.1, -0.05) is 36.4 Å². The summed E-state index contributed by atoms with van der Waals surface area (Å²) in [6, 6.07) is 25.3. The van der Waals surface area contributed by atoms with Crippen LogP contribution < -0.4 is 4.90 Å². The number of rotatable bonds is 1. The third-order valence-electron chi connectivity index (χ3n) is 6.62. The first-order chi connectivity index (χ1) is 15.7. The topological polar surface area (TPSA) is 25.7 Å². The molecule has 32 heavy (non-hydrogen) atoms. The summed E-state index contributed by atoms with van der Waals surface area (Å²) in [7, 11) is 0. The summed E-state index contributed by atoms with van der Waals surface area (Å²) in [6.45, 7) is 12.0. The number of para-hydroxylation sites is 3. The van der Waals surface area contributed by atoms with Crippen molar-refractivity contribution in [2.75, 3.05) is 4.90 Å². The molecule has 0 aliphatic carbocycles. The number of nitrogens with zero attached hydrogens (tertiary/aromatic N) is 3. The highest BCUT2D eigenvalue weighted by molar-refractivity contribution is 6.31. The van der Waals surface area contributed by atoms with Gasteiger partial charge in [-0.3, -0.25) is 0 Å². The highest BCUT2D eigenvalue weighted by Gasteiger charge is 2.31. The number of hydrogen-bond acceptors (Lipinski definition) is 2. The first-order valence-corrected chi connectivity index (χ1v) is 10.9. The van der Waals surface area contributed by atoms with E-state index in [2.05, 4.69) is 76.7 Å². The molecule has 0 radical (unpaired) electrons. The Morgan fingerprint density at radius 1 is 0.781 bits per heavy atom. The zero-order valence-corrected chi connectivity index (χ0v) is 17.8. The minimum absolute atomic E-state index is 0.270. The summed E-state index contributed by atoms with van der Waals surface area (Å²) in [4.78, 5) is 6.13. The van der Waals surface area contributed by atoms with Gasteiger partial charge in [0.15, 0.2) is 5.69 Å². The molecule has 0 spiro atoms. The molecule has 0 bridgehead atoms. The lowest BCUT2D eigenvalue weighted by Gasteiger charge is -2.35. The van der Waals surface area contributed by atoms with E-state index in [1.165, 1.54) is 11.2 Å². The number of aromatic nitrogens is 1. The fourth-order valence-corrected chi connectivity index (χ4v) is 5.44. The molecule has 4 heteroatoms. The van der Waals surface area contributed by atoms with Crippen LogP contribution in [0.25, 0.3) is 54.3 Å². The van der Waals surface area contributed by atoms with Crippen molar-refractivity contribution in [3.05, 3.63) is 84.2 Å². The standard InChI is InChI=1S/C28H19N3O/c1-16(2)30-21-9-5-6-10-22(21)31-20-13-12-17(29-3)14-19(20)27-26-18-8-4-7-11-24(18)32-25(26)15-23(30)28(27)31/h4-16H,1-2H3. The van der Waals surface area contributed by atoms with Crippen LogP contribution in [0.4, 0.5) is 17.1 Å². The minimum Gasteiger partial charge on any atom is -0.456 e. The van der Waals surface area contributed by atoms with Crippen LogP contribution in [-0.4, -0.2) is 10.6 Å². The summed E-state index contributed by atoms with van der Waals surface area (Å²) < 4.78 is 8.73. The van der Waals surface area contributed by atoms with Crippen LogP contribution in [0.1, 0.15) is 13.8 Å². The van der Waals surface area contributed by atoms with Crippen molar-refractivity contribution in [3.63, 3.8) is 0 Å². The van der Waals surface area contributed by atoms with Crippen molar-refractivity contribution in [2.24, 2.45) is 0 Å². The number of benzene rings is 4. The second-order valence-electron chi connectivity index (χ2n) is 8.69. The molecule has 3 heterocycles. The van der Waals surface area contributed by atoms with Gasteiger partial charge in [0.2, 0.25) is 0 Å². The van der Waals surface area contributed by atoms with Gasteiger partial charge < -0.3 is 13.9 Å². The Morgan fingerprint density at radius 2 is 1.56 bits per heavy atom. The van der Waals surface area contributed by atoms with Gasteiger partial charge in [0.05, 0.1) is 34.7 Å². The molecule has 0 saturated heterocycles. The number of furan rings is 1. The molecule has 4 nitrogen and oxygen atoms in total. The van der Waals surface area contributed by atoms with Crippen molar-refractivity contribution in [2.45, 2.75) is 19.9 Å². The smallest absolute Gasteiger partial charge is 0.188 e. The Morgan fingerprint density at radius 3 is 2.38 bits per heavy atom. The van der Waals surface area contributed by atoms with Crippen molar-refractivity contribution in [3.8, 4) is 5.69 Å². The maximum Gasteiger partial charge on any atom is 0.188 e. The fourth-order valence-electron chi connectivity index (χ4n) is 5.44. The molecule has 0 unspecified atom stereocenters. The summed E-state index contributed by atoms with van der Waals surface area (Å²) in [5.74, 6) is 0. The normalized spacial score (nSPS) is 12.9. The summed E-state index contributed by atoms with van der Waals surface area (Å²) in [5.41, 5.74) is 8.19. The lowest BCUT2D eigenvalue weighted by atomic mass is 10.0. The summed E-state index contributed by atoms with van der Waals surface area (Å²) in [6.07, 6.45) is 0. The number of anilines is 2. The maximum atomic E-state index is 7.59. The highest BCUT2D eigenvalue weighted by atomic mass is 16.3. The Kier molecular flexibility index (Phi) is 3.23. The van der Waals surface area contributed by atoms with E-state index in [9.17, 15) is 0 Å². The molecule has 1 aliphatic heterocycles. The van der Waals surface area contributed by atoms with Crippen molar-refractivity contribution in [1.82, 2.24) is 4.57 Å².